The van der Waals surface area contributed by atoms with Crippen LogP contribution in [0.15, 0.2) is 18.2 Å². The summed E-state index contributed by atoms with van der Waals surface area (Å²) in [7, 11) is 0. The molecule has 3 nitrogen and oxygen atoms in total. The molecule has 0 amide bonds. The largest absolute Gasteiger partial charge is 0.492 e. The van der Waals surface area contributed by atoms with Crippen molar-refractivity contribution >= 4 is 0 Å². The fourth-order valence-corrected chi connectivity index (χ4v) is 3.37. The van der Waals surface area contributed by atoms with Gasteiger partial charge >= 0.3 is 0 Å². The van der Waals surface area contributed by atoms with Crippen LogP contribution in [0.5, 0.6) is 5.75 Å². The quantitative estimate of drug-likeness (QED) is 0.856. The summed E-state index contributed by atoms with van der Waals surface area (Å²) in [6.45, 7) is 9.72. The molecule has 110 valence electrons. The Hall–Kier alpha value is -1.06. The van der Waals surface area contributed by atoms with Gasteiger partial charge in [-0.2, -0.15) is 0 Å². The Bertz CT molecular complexity index is 486. The van der Waals surface area contributed by atoms with Crippen molar-refractivity contribution in [2.75, 3.05) is 19.7 Å². The van der Waals surface area contributed by atoms with Crippen LogP contribution in [-0.2, 0) is 5.41 Å². The lowest BCUT2D eigenvalue weighted by atomic mass is 9.83. The second-order valence-electron chi connectivity index (χ2n) is 7.17. The highest BCUT2D eigenvalue weighted by molar-refractivity contribution is 5.43. The molecule has 2 N–H and O–H groups in total. The van der Waals surface area contributed by atoms with Crippen molar-refractivity contribution in [3.05, 3.63) is 29.3 Å². The first-order valence-electron chi connectivity index (χ1n) is 7.74. The lowest BCUT2D eigenvalue weighted by molar-refractivity contribution is 0.140. The predicted molar refractivity (Wildman–Crippen MR) is 82.2 cm³/mol. The molecule has 3 heteroatoms. The molecule has 0 aromatic heterocycles. The number of ether oxygens (including phenoxy) is 1. The van der Waals surface area contributed by atoms with Crippen LogP contribution in [0.1, 0.15) is 50.8 Å². The maximum Gasteiger partial charge on any atom is 0.124 e. The van der Waals surface area contributed by atoms with Crippen molar-refractivity contribution in [2.24, 2.45) is 5.73 Å². The number of hydrogen-bond donors (Lipinski definition) is 1. The monoisotopic (exact) mass is 274 g/mol. The van der Waals surface area contributed by atoms with E-state index in [1.807, 2.05) is 0 Å². The SMILES string of the molecule is CC(C)(C)c1ccc2c(c1)C(N1CCCC1)C(N)CO2. The van der Waals surface area contributed by atoms with Gasteiger partial charge in [0.05, 0.1) is 12.1 Å². The minimum Gasteiger partial charge on any atom is -0.492 e. The van der Waals surface area contributed by atoms with Gasteiger partial charge in [0.1, 0.15) is 12.4 Å². The van der Waals surface area contributed by atoms with Crippen LogP contribution < -0.4 is 10.5 Å². The standard InChI is InChI=1S/C17H26N2O/c1-17(2,3)12-6-7-15-13(10-12)16(14(18)11-20-15)19-8-4-5-9-19/h6-7,10,14,16H,4-5,8-9,11,18H2,1-3H3. The minimum absolute atomic E-state index is 0.0795. The first-order valence-corrected chi connectivity index (χ1v) is 7.74. The summed E-state index contributed by atoms with van der Waals surface area (Å²) in [5.41, 5.74) is 9.17. The summed E-state index contributed by atoms with van der Waals surface area (Å²) in [4.78, 5) is 2.54. The number of hydrogen-bond acceptors (Lipinski definition) is 3. The summed E-state index contributed by atoms with van der Waals surface area (Å²) < 4.78 is 5.84. The molecule has 0 radical (unpaired) electrons. The topological polar surface area (TPSA) is 38.5 Å². The molecule has 2 heterocycles. The smallest absolute Gasteiger partial charge is 0.124 e. The second kappa shape index (κ2) is 5.05. The molecular formula is C17H26N2O. The summed E-state index contributed by atoms with van der Waals surface area (Å²) >= 11 is 0. The normalized spacial score (nSPS) is 27.2. The van der Waals surface area contributed by atoms with Crippen LogP contribution in [-0.4, -0.2) is 30.6 Å². The zero-order valence-electron chi connectivity index (χ0n) is 12.9. The van der Waals surface area contributed by atoms with Gasteiger partial charge in [0.2, 0.25) is 0 Å². The van der Waals surface area contributed by atoms with E-state index in [0.29, 0.717) is 12.6 Å². The van der Waals surface area contributed by atoms with Crippen molar-refractivity contribution in [3.63, 3.8) is 0 Å². The van der Waals surface area contributed by atoms with E-state index in [1.165, 1.54) is 24.0 Å². The van der Waals surface area contributed by atoms with E-state index in [4.69, 9.17) is 10.5 Å². The van der Waals surface area contributed by atoms with E-state index >= 15 is 0 Å². The highest BCUT2D eigenvalue weighted by Crippen LogP contribution is 2.39. The molecule has 1 saturated heterocycles. The molecule has 2 aliphatic heterocycles. The van der Waals surface area contributed by atoms with E-state index in [2.05, 4.69) is 43.9 Å². The van der Waals surface area contributed by atoms with Crippen molar-refractivity contribution in [2.45, 2.75) is 51.1 Å². The Morgan fingerprint density at radius 1 is 1.20 bits per heavy atom. The second-order valence-corrected chi connectivity index (χ2v) is 7.17. The molecule has 0 spiro atoms. The summed E-state index contributed by atoms with van der Waals surface area (Å²) in [6, 6.07) is 7.04. The maximum atomic E-state index is 6.37. The Morgan fingerprint density at radius 2 is 1.90 bits per heavy atom. The van der Waals surface area contributed by atoms with Crippen molar-refractivity contribution < 1.29 is 4.74 Å². The Kier molecular flexibility index (Phi) is 3.51. The van der Waals surface area contributed by atoms with Gasteiger partial charge in [-0.3, -0.25) is 4.90 Å². The predicted octanol–water partition coefficient (Wildman–Crippen LogP) is 2.84. The van der Waals surface area contributed by atoms with E-state index in [-0.39, 0.29) is 11.5 Å². The molecule has 0 saturated carbocycles. The number of benzene rings is 1. The first-order chi connectivity index (χ1) is 9.47. The van der Waals surface area contributed by atoms with Crippen LogP contribution >= 0.6 is 0 Å². The van der Waals surface area contributed by atoms with Gasteiger partial charge in [-0.25, -0.2) is 0 Å². The fourth-order valence-electron chi connectivity index (χ4n) is 3.37. The Balaban J connectivity index is 2.01. The molecule has 1 fully saturated rings. The van der Waals surface area contributed by atoms with Crippen LogP contribution in [0.25, 0.3) is 0 Å². The van der Waals surface area contributed by atoms with Crippen LogP contribution in [0.2, 0.25) is 0 Å². The van der Waals surface area contributed by atoms with Gasteiger partial charge in [-0.1, -0.05) is 26.8 Å². The van der Waals surface area contributed by atoms with Gasteiger partial charge in [0, 0.05) is 5.56 Å². The number of rotatable bonds is 1. The third-order valence-electron chi connectivity index (χ3n) is 4.57. The van der Waals surface area contributed by atoms with Crippen LogP contribution in [0, 0.1) is 0 Å². The van der Waals surface area contributed by atoms with E-state index < -0.39 is 0 Å². The van der Waals surface area contributed by atoms with Crippen molar-refractivity contribution in [1.29, 1.82) is 0 Å². The zero-order chi connectivity index (χ0) is 14.3. The molecule has 1 aromatic rings. The van der Waals surface area contributed by atoms with E-state index in [9.17, 15) is 0 Å². The summed E-state index contributed by atoms with van der Waals surface area (Å²) in [5, 5.41) is 0. The van der Waals surface area contributed by atoms with Gasteiger partial charge < -0.3 is 10.5 Å². The number of nitrogens with zero attached hydrogens (tertiary/aromatic N) is 1. The number of fused-ring (bicyclic) bond motifs is 1. The maximum absolute atomic E-state index is 6.37. The average molecular weight is 274 g/mol. The molecule has 0 aliphatic carbocycles. The van der Waals surface area contributed by atoms with Gasteiger partial charge in [0.25, 0.3) is 0 Å². The lowest BCUT2D eigenvalue weighted by Crippen LogP contribution is -2.46. The lowest BCUT2D eigenvalue weighted by Gasteiger charge is -2.38. The number of nitrogens with two attached hydrogens (primary N) is 1. The highest BCUT2D eigenvalue weighted by Gasteiger charge is 2.35. The summed E-state index contributed by atoms with van der Waals surface area (Å²) in [6.07, 6.45) is 2.58. The van der Waals surface area contributed by atoms with Crippen molar-refractivity contribution in [3.8, 4) is 5.75 Å². The minimum atomic E-state index is 0.0795. The Morgan fingerprint density at radius 3 is 2.55 bits per heavy atom. The van der Waals surface area contributed by atoms with E-state index in [1.54, 1.807) is 0 Å². The van der Waals surface area contributed by atoms with Crippen LogP contribution in [0.3, 0.4) is 0 Å². The number of likely N-dealkylation sites (tertiary alicyclic amines) is 1. The van der Waals surface area contributed by atoms with Crippen LogP contribution in [0.4, 0.5) is 0 Å². The average Bonchev–Trinajstić information content (AvgIpc) is 2.90. The van der Waals surface area contributed by atoms with E-state index in [0.717, 1.165) is 18.8 Å². The first kappa shape index (κ1) is 13.9. The molecule has 2 aliphatic rings. The fraction of sp³-hybridized carbons (Fsp3) is 0.647. The molecule has 2 atom stereocenters. The highest BCUT2D eigenvalue weighted by atomic mass is 16.5. The van der Waals surface area contributed by atoms with Crippen molar-refractivity contribution in [1.82, 2.24) is 4.90 Å². The molecular weight excluding hydrogens is 248 g/mol. The molecule has 2 unspecified atom stereocenters. The van der Waals surface area contributed by atoms with Gasteiger partial charge in [0.15, 0.2) is 0 Å². The molecule has 1 aromatic carbocycles. The molecule has 3 rings (SSSR count). The third kappa shape index (κ3) is 2.45. The Labute approximate surface area is 122 Å². The summed E-state index contributed by atoms with van der Waals surface area (Å²) in [5.74, 6) is 1.02. The molecule has 20 heavy (non-hydrogen) atoms. The van der Waals surface area contributed by atoms with Gasteiger partial charge in [-0.05, 0) is 49.0 Å². The third-order valence-corrected chi connectivity index (χ3v) is 4.57. The van der Waals surface area contributed by atoms with Gasteiger partial charge in [-0.15, -0.1) is 0 Å². The molecule has 0 bridgehead atoms. The zero-order valence-corrected chi connectivity index (χ0v) is 12.9.